The molecule has 0 bridgehead atoms. The minimum absolute atomic E-state index is 0.0278. The van der Waals surface area contributed by atoms with Gasteiger partial charge >= 0.3 is 0 Å². The van der Waals surface area contributed by atoms with Crippen LogP contribution >= 0.6 is 15.9 Å². The van der Waals surface area contributed by atoms with Crippen LogP contribution in [-0.2, 0) is 9.84 Å². The molecule has 0 amide bonds. The Kier molecular flexibility index (Phi) is 3.86. The third kappa shape index (κ3) is 2.76. The highest BCUT2D eigenvalue weighted by molar-refractivity contribution is 9.10. The number of nitrogens with one attached hydrogen (secondary N) is 2. The van der Waals surface area contributed by atoms with E-state index in [4.69, 9.17) is 5.41 Å². The van der Waals surface area contributed by atoms with Crippen molar-refractivity contribution in [2.45, 2.75) is 11.3 Å². The summed E-state index contributed by atoms with van der Waals surface area (Å²) >= 11 is 3.11. The maximum absolute atomic E-state index is 13.6. The quantitative estimate of drug-likeness (QED) is 0.786. The van der Waals surface area contributed by atoms with Crippen molar-refractivity contribution < 1.29 is 17.2 Å². The van der Waals surface area contributed by atoms with E-state index in [1.807, 2.05) is 0 Å². The molecule has 1 aliphatic heterocycles. The Bertz CT molecular complexity index is 623. The fourth-order valence-corrected chi connectivity index (χ4v) is 3.80. The lowest BCUT2D eigenvalue weighted by molar-refractivity contribution is 0.475. The standard InChI is InChI=1S/C10H10BrF2N3O2S/c11-5-1-6(9(13)15-3-5)7-4-19(17,18)8(2-12)10(14)16-7/h1,3,7-8H,2,4H2,(H2,14,16)/t7-,8-/m0/s1. The number of hydrogen-bond donors (Lipinski definition) is 2. The summed E-state index contributed by atoms with van der Waals surface area (Å²) in [5.41, 5.74) is 0.0278. The molecule has 2 rings (SSSR count). The molecule has 0 saturated carbocycles. The van der Waals surface area contributed by atoms with Crippen molar-refractivity contribution >= 4 is 31.6 Å². The van der Waals surface area contributed by atoms with Crippen molar-refractivity contribution in [2.24, 2.45) is 0 Å². The molecular weight excluding hydrogens is 344 g/mol. The van der Waals surface area contributed by atoms with E-state index in [9.17, 15) is 17.2 Å². The Morgan fingerprint density at radius 1 is 1.58 bits per heavy atom. The minimum atomic E-state index is -3.82. The number of hydrogen-bond acceptors (Lipinski definition) is 4. The Hall–Kier alpha value is -1.09. The number of pyridine rings is 1. The van der Waals surface area contributed by atoms with Crippen LogP contribution in [0.4, 0.5) is 8.78 Å². The molecule has 2 N–H and O–H groups in total. The van der Waals surface area contributed by atoms with Crippen molar-refractivity contribution in [3.05, 3.63) is 28.2 Å². The molecule has 104 valence electrons. The van der Waals surface area contributed by atoms with Crippen LogP contribution in [-0.4, -0.2) is 36.9 Å². The topological polar surface area (TPSA) is 82.9 Å². The number of nitrogens with zero attached hydrogens (tertiary/aromatic N) is 1. The van der Waals surface area contributed by atoms with Crippen molar-refractivity contribution in [1.29, 1.82) is 5.41 Å². The van der Waals surface area contributed by atoms with Crippen LogP contribution in [0.2, 0.25) is 0 Å². The van der Waals surface area contributed by atoms with Gasteiger partial charge in [-0.2, -0.15) is 4.39 Å². The van der Waals surface area contributed by atoms with Gasteiger partial charge in [-0.3, -0.25) is 5.41 Å². The average Bonchev–Trinajstić information content (AvgIpc) is 2.30. The molecule has 2 atom stereocenters. The van der Waals surface area contributed by atoms with E-state index in [1.54, 1.807) is 0 Å². The highest BCUT2D eigenvalue weighted by Crippen LogP contribution is 2.26. The zero-order chi connectivity index (χ0) is 14.2. The number of amidine groups is 1. The molecule has 0 aliphatic carbocycles. The van der Waals surface area contributed by atoms with E-state index >= 15 is 0 Å². The molecule has 5 nitrogen and oxygen atoms in total. The summed E-state index contributed by atoms with van der Waals surface area (Å²) in [7, 11) is -3.82. The van der Waals surface area contributed by atoms with Gasteiger partial charge in [0.1, 0.15) is 17.8 Å². The van der Waals surface area contributed by atoms with E-state index in [0.29, 0.717) is 4.47 Å². The highest BCUT2D eigenvalue weighted by atomic mass is 79.9. The van der Waals surface area contributed by atoms with E-state index in [1.165, 1.54) is 12.3 Å². The molecule has 1 fully saturated rings. The number of aromatic nitrogens is 1. The maximum atomic E-state index is 13.6. The molecule has 19 heavy (non-hydrogen) atoms. The van der Waals surface area contributed by atoms with Gasteiger partial charge in [0.05, 0.1) is 11.8 Å². The summed E-state index contributed by atoms with van der Waals surface area (Å²) < 4.78 is 50.4. The van der Waals surface area contributed by atoms with Crippen LogP contribution in [0, 0.1) is 11.4 Å². The number of rotatable bonds is 2. The van der Waals surface area contributed by atoms with Gasteiger partial charge in [0.2, 0.25) is 5.95 Å². The summed E-state index contributed by atoms with van der Waals surface area (Å²) in [6.45, 7) is -1.17. The second kappa shape index (κ2) is 5.12. The van der Waals surface area contributed by atoms with E-state index in [0.717, 1.165) is 0 Å². The van der Waals surface area contributed by atoms with Gasteiger partial charge in [0.15, 0.2) is 9.84 Å². The van der Waals surface area contributed by atoms with E-state index in [-0.39, 0.29) is 5.56 Å². The first kappa shape index (κ1) is 14.3. The molecule has 0 spiro atoms. The number of sulfone groups is 1. The number of alkyl halides is 1. The van der Waals surface area contributed by atoms with Crippen molar-refractivity contribution in [1.82, 2.24) is 10.3 Å². The lowest BCUT2D eigenvalue weighted by Gasteiger charge is -2.30. The van der Waals surface area contributed by atoms with Crippen molar-refractivity contribution in [2.75, 3.05) is 12.4 Å². The van der Waals surface area contributed by atoms with Gasteiger partial charge in [0.25, 0.3) is 0 Å². The summed E-state index contributed by atoms with van der Waals surface area (Å²) in [6, 6.07) is 0.448. The lowest BCUT2D eigenvalue weighted by Crippen LogP contribution is -2.51. The number of halogens is 3. The van der Waals surface area contributed by atoms with Crippen LogP contribution < -0.4 is 5.32 Å². The van der Waals surface area contributed by atoms with Crippen LogP contribution in [0.15, 0.2) is 16.7 Å². The van der Waals surface area contributed by atoms with Crippen LogP contribution in [0.25, 0.3) is 0 Å². The normalized spacial score (nSPS) is 25.9. The molecule has 1 aromatic heterocycles. The SMILES string of the molecule is N=C1N[C@H](c2cc(Br)cnc2F)CS(=O)(=O)[C@H]1CF. The minimum Gasteiger partial charge on any atom is -0.365 e. The van der Waals surface area contributed by atoms with Crippen molar-refractivity contribution in [3.8, 4) is 0 Å². The van der Waals surface area contributed by atoms with Gasteiger partial charge in [0, 0.05) is 16.2 Å². The third-order valence-electron chi connectivity index (χ3n) is 2.83. The second-order valence-corrected chi connectivity index (χ2v) is 7.26. The molecule has 1 saturated heterocycles. The highest BCUT2D eigenvalue weighted by Gasteiger charge is 2.39. The van der Waals surface area contributed by atoms with Crippen LogP contribution in [0.5, 0.6) is 0 Å². The summed E-state index contributed by atoms with van der Waals surface area (Å²) in [5.74, 6) is -1.75. The first-order valence-corrected chi connectivity index (χ1v) is 7.79. The molecule has 1 aliphatic rings. The Morgan fingerprint density at radius 2 is 2.26 bits per heavy atom. The summed E-state index contributed by atoms with van der Waals surface area (Å²) in [6.07, 6.45) is 1.24. The predicted octanol–water partition coefficient (Wildman–Crippen LogP) is 1.36. The van der Waals surface area contributed by atoms with Crippen LogP contribution in [0.3, 0.4) is 0 Å². The first-order chi connectivity index (χ1) is 8.85. The predicted molar refractivity (Wildman–Crippen MR) is 69.0 cm³/mol. The zero-order valence-electron chi connectivity index (χ0n) is 9.53. The average molecular weight is 354 g/mol. The third-order valence-corrected chi connectivity index (χ3v) is 5.29. The molecule has 0 radical (unpaired) electrons. The summed E-state index contributed by atoms with van der Waals surface area (Å²) in [5, 5.41) is 8.55. The molecule has 0 aromatic carbocycles. The molecule has 0 unspecified atom stereocenters. The first-order valence-electron chi connectivity index (χ1n) is 5.28. The summed E-state index contributed by atoms with van der Waals surface area (Å²) in [4.78, 5) is 3.47. The zero-order valence-corrected chi connectivity index (χ0v) is 11.9. The van der Waals surface area contributed by atoms with Gasteiger partial charge < -0.3 is 5.32 Å². The van der Waals surface area contributed by atoms with Gasteiger partial charge in [-0.25, -0.2) is 17.8 Å². The largest absolute Gasteiger partial charge is 0.365 e. The molecule has 9 heteroatoms. The molecule has 1 aromatic rings. The molecular formula is C10H10BrF2N3O2S. The van der Waals surface area contributed by atoms with Gasteiger partial charge in [-0.05, 0) is 22.0 Å². The monoisotopic (exact) mass is 353 g/mol. The Morgan fingerprint density at radius 3 is 2.84 bits per heavy atom. The smallest absolute Gasteiger partial charge is 0.218 e. The van der Waals surface area contributed by atoms with E-state index in [2.05, 4.69) is 26.2 Å². The lowest BCUT2D eigenvalue weighted by atomic mass is 10.1. The fourth-order valence-electron chi connectivity index (χ4n) is 1.87. The van der Waals surface area contributed by atoms with Gasteiger partial charge in [-0.15, -0.1) is 0 Å². The Balaban J connectivity index is 2.39. The molecule has 2 heterocycles. The Labute approximate surface area is 117 Å². The fraction of sp³-hybridized carbons (Fsp3) is 0.400. The van der Waals surface area contributed by atoms with Crippen molar-refractivity contribution in [3.63, 3.8) is 0 Å². The van der Waals surface area contributed by atoms with Gasteiger partial charge in [-0.1, -0.05) is 0 Å². The maximum Gasteiger partial charge on any atom is 0.218 e. The second-order valence-electron chi connectivity index (χ2n) is 4.12. The van der Waals surface area contributed by atoms with Crippen LogP contribution in [0.1, 0.15) is 11.6 Å². The van der Waals surface area contributed by atoms with E-state index < -0.39 is 45.3 Å².